The predicted octanol–water partition coefficient (Wildman–Crippen LogP) is 2.75. The number of hydrogen-bond acceptors (Lipinski definition) is 5. The third kappa shape index (κ3) is 4.60. The molecule has 9 heteroatoms. The van der Waals surface area contributed by atoms with E-state index < -0.39 is 21.6 Å². The number of nitrogens with zero attached hydrogens (tertiary/aromatic N) is 3. The fraction of sp³-hybridized carbons (Fsp3) is 0.440. The van der Waals surface area contributed by atoms with Crippen LogP contribution in [0.4, 0.5) is 4.79 Å². The van der Waals surface area contributed by atoms with E-state index in [0.717, 1.165) is 11.1 Å². The summed E-state index contributed by atoms with van der Waals surface area (Å²) in [4.78, 5) is 30.0. The van der Waals surface area contributed by atoms with Crippen LogP contribution < -0.4 is 5.32 Å². The molecule has 0 aliphatic carbocycles. The minimum absolute atomic E-state index is 0.135. The molecule has 0 bridgehead atoms. The lowest BCUT2D eigenvalue weighted by atomic mass is 9.82. The summed E-state index contributed by atoms with van der Waals surface area (Å²) in [6, 6.07) is 15.8. The summed E-state index contributed by atoms with van der Waals surface area (Å²) < 4.78 is 27.4. The van der Waals surface area contributed by atoms with Crippen LogP contribution in [0.1, 0.15) is 31.4 Å². The number of imide groups is 1. The van der Waals surface area contributed by atoms with Gasteiger partial charge in [-0.25, -0.2) is 18.1 Å². The predicted molar refractivity (Wildman–Crippen MR) is 129 cm³/mol. The third-order valence-corrected chi connectivity index (χ3v) is 8.40. The highest BCUT2D eigenvalue weighted by Gasteiger charge is 2.52. The zero-order valence-electron chi connectivity index (χ0n) is 19.9. The van der Waals surface area contributed by atoms with Crippen molar-refractivity contribution >= 4 is 22.0 Å². The average molecular weight is 485 g/mol. The van der Waals surface area contributed by atoms with Crippen LogP contribution >= 0.6 is 0 Å². The van der Waals surface area contributed by atoms with E-state index in [4.69, 9.17) is 0 Å². The van der Waals surface area contributed by atoms with Crippen LogP contribution in [0.25, 0.3) is 0 Å². The first-order valence-corrected chi connectivity index (χ1v) is 13.1. The van der Waals surface area contributed by atoms with Crippen molar-refractivity contribution in [3.8, 4) is 0 Å². The van der Waals surface area contributed by atoms with Crippen molar-refractivity contribution in [3.63, 3.8) is 0 Å². The normalized spacial score (nSPS) is 22.4. The maximum absolute atomic E-state index is 13.6. The maximum atomic E-state index is 13.6. The number of urea groups is 1. The van der Waals surface area contributed by atoms with Gasteiger partial charge in [-0.15, -0.1) is 0 Å². The number of aryl methyl sites for hydroxylation is 1. The smallest absolute Gasteiger partial charge is 0.319 e. The monoisotopic (exact) mass is 484 g/mol. The fourth-order valence-electron chi connectivity index (χ4n) is 4.71. The first-order chi connectivity index (χ1) is 16.1. The summed E-state index contributed by atoms with van der Waals surface area (Å²) in [5, 5.41) is 2.97. The van der Waals surface area contributed by atoms with Crippen LogP contribution in [0.2, 0.25) is 0 Å². The number of hydrogen-bond donors (Lipinski definition) is 1. The number of amides is 3. The molecule has 0 radical (unpaired) electrons. The molecule has 2 aromatic rings. The van der Waals surface area contributed by atoms with Crippen LogP contribution in [0.3, 0.4) is 0 Å². The van der Waals surface area contributed by atoms with Crippen molar-refractivity contribution in [2.75, 3.05) is 32.8 Å². The Kier molecular flexibility index (Phi) is 6.80. The Morgan fingerprint density at radius 2 is 1.56 bits per heavy atom. The van der Waals surface area contributed by atoms with E-state index in [1.165, 1.54) is 9.21 Å². The van der Waals surface area contributed by atoms with Gasteiger partial charge in [0.15, 0.2) is 0 Å². The van der Waals surface area contributed by atoms with Crippen molar-refractivity contribution in [2.24, 2.45) is 5.92 Å². The molecular formula is C25H32N4O4S. The van der Waals surface area contributed by atoms with Gasteiger partial charge in [0.25, 0.3) is 5.91 Å². The summed E-state index contributed by atoms with van der Waals surface area (Å²) in [6.45, 7) is 7.58. The van der Waals surface area contributed by atoms with Gasteiger partial charge in [-0.3, -0.25) is 9.69 Å². The first-order valence-electron chi connectivity index (χ1n) is 11.6. The zero-order valence-corrected chi connectivity index (χ0v) is 20.7. The summed E-state index contributed by atoms with van der Waals surface area (Å²) in [5.74, 6) is -0.0629. The maximum Gasteiger partial charge on any atom is 0.326 e. The van der Waals surface area contributed by atoms with E-state index in [1.54, 1.807) is 24.3 Å². The molecule has 2 aliphatic rings. The minimum atomic E-state index is -3.57. The zero-order chi connectivity index (χ0) is 24.5. The lowest BCUT2D eigenvalue weighted by molar-refractivity contribution is -0.134. The molecule has 2 fully saturated rings. The van der Waals surface area contributed by atoms with Crippen molar-refractivity contribution in [3.05, 3.63) is 65.7 Å². The molecule has 2 saturated heterocycles. The molecule has 1 N–H and O–H groups in total. The Bertz CT molecular complexity index is 1140. The van der Waals surface area contributed by atoms with Crippen LogP contribution in [-0.2, 0) is 20.4 Å². The molecule has 1 atom stereocenters. The Balaban J connectivity index is 1.45. The molecule has 0 aromatic heterocycles. The van der Waals surface area contributed by atoms with Crippen LogP contribution in [0, 0.1) is 12.8 Å². The lowest BCUT2D eigenvalue weighted by Crippen LogP contribution is -2.53. The molecule has 0 unspecified atom stereocenters. The number of sulfonamides is 1. The van der Waals surface area contributed by atoms with Gasteiger partial charge in [0, 0.05) is 26.2 Å². The highest BCUT2D eigenvalue weighted by Crippen LogP contribution is 2.35. The lowest BCUT2D eigenvalue weighted by Gasteiger charge is -2.35. The third-order valence-electron chi connectivity index (χ3n) is 6.49. The van der Waals surface area contributed by atoms with Gasteiger partial charge in [-0.2, -0.15) is 4.31 Å². The minimum Gasteiger partial charge on any atom is -0.319 e. The van der Waals surface area contributed by atoms with Crippen LogP contribution in [0.5, 0.6) is 0 Å². The van der Waals surface area contributed by atoms with Crippen molar-refractivity contribution < 1.29 is 18.0 Å². The second-order valence-electron chi connectivity index (χ2n) is 9.51. The number of carbonyl (C=O) groups excluding carboxylic acids is 2. The van der Waals surface area contributed by atoms with Gasteiger partial charge in [0.2, 0.25) is 10.0 Å². The standard InChI is InChI=1S/C25H32N4O4S/c1-19(2)17-25(21-7-5-4-6-8-21)23(30)29(24(31)26-25)18-27-13-15-28(16-14-27)34(32,33)22-11-9-20(3)10-12-22/h4-12,19H,13-18H2,1-3H3,(H,26,31)/t25-/m1/s1. The largest absolute Gasteiger partial charge is 0.326 e. The summed E-state index contributed by atoms with van der Waals surface area (Å²) in [7, 11) is -3.57. The van der Waals surface area contributed by atoms with E-state index >= 15 is 0 Å². The van der Waals surface area contributed by atoms with E-state index in [0.29, 0.717) is 32.6 Å². The van der Waals surface area contributed by atoms with Crippen molar-refractivity contribution in [1.29, 1.82) is 0 Å². The van der Waals surface area contributed by atoms with Gasteiger partial charge in [0.05, 0.1) is 11.6 Å². The Morgan fingerprint density at radius 1 is 0.941 bits per heavy atom. The summed E-state index contributed by atoms with van der Waals surface area (Å²) in [6.07, 6.45) is 0.501. The molecular weight excluding hydrogens is 452 g/mol. The van der Waals surface area contributed by atoms with Gasteiger partial charge in [-0.1, -0.05) is 61.9 Å². The van der Waals surface area contributed by atoms with Crippen molar-refractivity contribution in [2.45, 2.75) is 37.6 Å². The molecule has 2 heterocycles. The quantitative estimate of drug-likeness (QED) is 0.611. The number of carbonyl (C=O) groups is 2. The molecule has 0 spiro atoms. The van der Waals surface area contributed by atoms with Gasteiger partial charge in [0.1, 0.15) is 5.54 Å². The SMILES string of the molecule is Cc1ccc(S(=O)(=O)N2CCN(CN3C(=O)N[C@](CC(C)C)(c4ccccc4)C3=O)CC2)cc1. The topological polar surface area (TPSA) is 90.0 Å². The van der Waals surface area contributed by atoms with Gasteiger partial charge < -0.3 is 5.32 Å². The van der Waals surface area contributed by atoms with Gasteiger partial charge in [-0.05, 0) is 37.0 Å². The van der Waals surface area contributed by atoms with Crippen LogP contribution in [-0.4, -0.2) is 67.3 Å². The molecule has 2 aromatic carbocycles. The first kappa shape index (κ1) is 24.4. The van der Waals surface area contributed by atoms with Gasteiger partial charge >= 0.3 is 6.03 Å². The number of rotatable bonds is 7. The molecule has 3 amide bonds. The van der Waals surface area contributed by atoms with Crippen LogP contribution in [0.15, 0.2) is 59.5 Å². The Morgan fingerprint density at radius 3 is 2.15 bits per heavy atom. The Hall–Kier alpha value is -2.75. The second kappa shape index (κ2) is 9.48. The van der Waals surface area contributed by atoms with E-state index in [1.807, 2.05) is 56.0 Å². The second-order valence-corrected chi connectivity index (χ2v) is 11.4. The van der Waals surface area contributed by atoms with E-state index in [-0.39, 0.29) is 23.4 Å². The average Bonchev–Trinajstić information content (AvgIpc) is 3.05. The van der Waals surface area contributed by atoms with Crippen molar-refractivity contribution in [1.82, 2.24) is 19.4 Å². The Labute approximate surface area is 201 Å². The molecule has 4 rings (SSSR count). The number of nitrogens with one attached hydrogen (secondary N) is 1. The molecule has 0 saturated carbocycles. The number of piperazine rings is 1. The molecule has 2 aliphatic heterocycles. The number of benzene rings is 2. The summed E-state index contributed by atoms with van der Waals surface area (Å²) in [5.41, 5.74) is 0.697. The molecule has 8 nitrogen and oxygen atoms in total. The molecule has 182 valence electrons. The fourth-order valence-corrected chi connectivity index (χ4v) is 6.13. The molecule has 34 heavy (non-hydrogen) atoms. The highest BCUT2D eigenvalue weighted by atomic mass is 32.2. The van der Waals surface area contributed by atoms with E-state index in [9.17, 15) is 18.0 Å². The summed E-state index contributed by atoms with van der Waals surface area (Å²) >= 11 is 0. The van der Waals surface area contributed by atoms with E-state index in [2.05, 4.69) is 5.32 Å². The highest BCUT2D eigenvalue weighted by molar-refractivity contribution is 7.89.